The van der Waals surface area contributed by atoms with Crippen molar-refractivity contribution in [2.45, 2.75) is 0 Å². The monoisotopic (exact) mass is 351 g/mol. The lowest BCUT2D eigenvalue weighted by Gasteiger charge is -2.06. The minimum Gasteiger partial charge on any atom is -0.497 e. The molecule has 2 heterocycles. The van der Waals surface area contributed by atoms with Crippen molar-refractivity contribution >= 4 is 38.9 Å². The molecule has 6 nitrogen and oxygen atoms in total. The minimum atomic E-state index is -0.346. The van der Waals surface area contributed by atoms with Gasteiger partial charge in [-0.1, -0.05) is 23.5 Å². The molecule has 0 saturated heterocycles. The number of carbonyl (C=O) groups excluding carboxylic acids is 1. The molecule has 0 aliphatic rings. The summed E-state index contributed by atoms with van der Waals surface area (Å²) in [6.07, 6.45) is 0. The Balaban J connectivity index is 1.71. The first-order valence-electron chi connectivity index (χ1n) is 7.52. The summed E-state index contributed by atoms with van der Waals surface area (Å²) in [6.45, 7) is 0. The molecule has 0 fully saturated rings. The van der Waals surface area contributed by atoms with Gasteiger partial charge in [0.1, 0.15) is 10.6 Å². The van der Waals surface area contributed by atoms with Crippen LogP contribution in [0.15, 0.2) is 59.4 Å². The SMILES string of the molecule is COc1ccc(NC(=O)c2cc(=O)n3c(nc4ccccc43)s2)cc1. The highest BCUT2D eigenvalue weighted by molar-refractivity contribution is 7.18. The van der Waals surface area contributed by atoms with E-state index in [-0.39, 0.29) is 11.5 Å². The fourth-order valence-electron chi connectivity index (χ4n) is 2.57. The van der Waals surface area contributed by atoms with E-state index in [4.69, 9.17) is 4.74 Å². The van der Waals surface area contributed by atoms with E-state index in [0.29, 0.717) is 21.3 Å². The van der Waals surface area contributed by atoms with Gasteiger partial charge in [-0.25, -0.2) is 4.98 Å². The predicted molar refractivity (Wildman–Crippen MR) is 97.8 cm³/mol. The van der Waals surface area contributed by atoms with Crippen molar-refractivity contribution in [3.63, 3.8) is 0 Å². The number of nitrogens with zero attached hydrogens (tertiary/aromatic N) is 2. The lowest BCUT2D eigenvalue weighted by atomic mass is 10.3. The average molecular weight is 351 g/mol. The fraction of sp³-hybridized carbons (Fsp3) is 0.0556. The molecular weight excluding hydrogens is 338 g/mol. The van der Waals surface area contributed by atoms with Gasteiger partial charge in [-0.15, -0.1) is 0 Å². The van der Waals surface area contributed by atoms with Crippen LogP contribution >= 0.6 is 11.3 Å². The Morgan fingerprint density at radius 3 is 2.68 bits per heavy atom. The van der Waals surface area contributed by atoms with Crippen LogP contribution in [0, 0.1) is 0 Å². The van der Waals surface area contributed by atoms with Gasteiger partial charge in [0.05, 0.1) is 18.1 Å². The number of amides is 1. The maximum absolute atomic E-state index is 12.5. The van der Waals surface area contributed by atoms with E-state index in [9.17, 15) is 9.59 Å². The molecule has 4 rings (SSSR count). The van der Waals surface area contributed by atoms with Gasteiger partial charge in [0.15, 0.2) is 4.96 Å². The van der Waals surface area contributed by atoms with Crippen LogP contribution < -0.4 is 15.6 Å². The molecule has 0 aliphatic carbocycles. The number of fused-ring (bicyclic) bond motifs is 3. The Kier molecular flexibility index (Phi) is 3.70. The summed E-state index contributed by atoms with van der Waals surface area (Å²) in [6, 6.07) is 15.7. The second kappa shape index (κ2) is 6.03. The third-order valence-corrected chi connectivity index (χ3v) is 4.76. The Morgan fingerprint density at radius 2 is 1.92 bits per heavy atom. The largest absolute Gasteiger partial charge is 0.497 e. The molecule has 0 bridgehead atoms. The van der Waals surface area contributed by atoms with E-state index in [1.165, 1.54) is 21.8 Å². The number of nitrogens with one attached hydrogen (secondary N) is 1. The number of ether oxygens (including phenoxy) is 1. The second-order valence-corrected chi connectivity index (χ2v) is 6.36. The highest BCUT2D eigenvalue weighted by Crippen LogP contribution is 2.21. The summed E-state index contributed by atoms with van der Waals surface area (Å²) in [7, 11) is 1.58. The third kappa shape index (κ3) is 2.74. The van der Waals surface area contributed by atoms with E-state index in [0.717, 1.165) is 11.0 Å². The van der Waals surface area contributed by atoms with Crippen LogP contribution in [-0.4, -0.2) is 22.4 Å². The Bertz CT molecular complexity index is 1150. The van der Waals surface area contributed by atoms with Crippen LogP contribution in [0.4, 0.5) is 5.69 Å². The summed E-state index contributed by atoms with van der Waals surface area (Å²) in [5.74, 6) is 0.356. The standard InChI is InChI=1S/C18H13N3O3S/c1-24-12-8-6-11(7-9-12)19-17(23)15-10-16(22)21-14-5-3-2-4-13(14)20-18(21)25-15/h2-10H,1H3,(H,19,23). The summed E-state index contributed by atoms with van der Waals surface area (Å²) in [4.78, 5) is 30.2. The van der Waals surface area contributed by atoms with Crippen molar-refractivity contribution in [3.8, 4) is 5.75 Å². The van der Waals surface area contributed by atoms with Crippen LogP contribution in [0.25, 0.3) is 16.0 Å². The number of imidazole rings is 1. The van der Waals surface area contributed by atoms with Gasteiger partial charge in [-0.2, -0.15) is 0 Å². The lowest BCUT2D eigenvalue weighted by molar-refractivity contribution is 0.103. The molecule has 25 heavy (non-hydrogen) atoms. The molecule has 0 spiro atoms. The van der Waals surface area contributed by atoms with Crippen LogP contribution in [0.2, 0.25) is 0 Å². The molecule has 7 heteroatoms. The first-order valence-corrected chi connectivity index (χ1v) is 8.34. The molecule has 0 unspecified atom stereocenters. The van der Waals surface area contributed by atoms with E-state index < -0.39 is 0 Å². The fourth-order valence-corrected chi connectivity index (χ4v) is 3.49. The van der Waals surface area contributed by atoms with Gasteiger partial charge in [-0.05, 0) is 36.4 Å². The number of hydrogen-bond acceptors (Lipinski definition) is 5. The molecule has 124 valence electrons. The first kappa shape index (κ1) is 15.3. The molecule has 0 atom stereocenters. The zero-order chi connectivity index (χ0) is 17.4. The maximum Gasteiger partial charge on any atom is 0.266 e. The van der Waals surface area contributed by atoms with Gasteiger partial charge in [0.2, 0.25) is 0 Å². The number of hydrogen-bond donors (Lipinski definition) is 1. The van der Waals surface area contributed by atoms with Gasteiger partial charge in [-0.3, -0.25) is 14.0 Å². The van der Waals surface area contributed by atoms with Gasteiger partial charge >= 0.3 is 0 Å². The van der Waals surface area contributed by atoms with Gasteiger partial charge in [0, 0.05) is 11.8 Å². The number of benzene rings is 2. The van der Waals surface area contributed by atoms with E-state index in [1.54, 1.807) is 31.4 Å². The molecule has 2 aromatic carbocycles. The normalized spacial score (nSPS) is 10.9. The third-order valence-electron chi connectivity index (χ3n) is 3.78. The van der Waals surface area contributed by atoms with Crippen molar-refractivity contribution in [1.82, 2.24) is 9.38 Å². The zero-order valence-electron chi connectivity index (χ0n) is 13.2. The molecule has 0 aliphatic heterocycles. The van der Waals surface area contributed by atoms with Crippen LogP contribution in [0.5, 0.6) is 5.75 Å². The first-order chi connectivity index (χ1) is 12.2. The molecule has 1 amide bonds. The van der Waals surface area contributed by atoms with E-state index in [2.05, 4.69) is 10.3 Å². The minimum absolute atomic E-state index is 0.276. The second-order valence-electron chi connectivity index (χ2n) is 5.35. The highest BCUT2D eigenvalue weighted by atomic mass is 32.1. The summed E-state index contributed by atoms with van der Waals surface area (Å²) in [5, 5.41) is 2.78. The number of methoxy groups -OCH3 is 1. The Labute approximate surface area is 146 Å². The average Bonchev–Trinajstić information content (AvgIpc) is 3.01. The van der Waals surface area contributed by atoms with E-state index in [1.807, 2.05) is 24.3 Å². The van der Waals surface area contributed by atoms with E-state index >= 15 is 0 Å². The van der Waals surface area contributed by atoms with Gasteiger partial charge < -0.3 is 10.1 Å². The molecule has 4 aromatic rings. The van der Waals surface area contributed by atoms with Crippen molar-refractivity contribution < 1.29 is 9.53 Å². The lowest BCUT2D eigenvalue weighted by Crippen LogP contribution is -2.17. The molecular formula is C18H13N3O3S. The number of aromatic nitrogens is 2. The van der Waals surface area contributed by atoms with Crippen LogP contribution in [-0.2, 0) is 0 Å². The van der Waals surface area contributed by atoms with Crippen molar-refractivity contribution in [3.05, 3.63) is 69.8 Å². The highest BCUT2D eigenvalue weighted by Gasteiger charge is 2.14. The summed E-state index contributed by atoms with van der Waals surface area (Å²) in [5.41, 5.74) is 1.81. The number of anilines is 1. The van der Waals surface area contributed by atoms with Crippen LogP contribution in [0.1, 0.15) is 9.67 Å². The number of para-hydroxylation sites is 2. The van der Waals surface area contributed by atoms with Crippen LogP contribution in [0.3, 0.4) is 0 Å². The Morgan fingerprint density at radius 1 is 1.16 bits per heavy atom. The number of rotatable bonds is 3. The molecule has 0 saturated carbocycles. The summed E-state index contributed by atoms with van der Waals surface area (Å²) < 4.78 is 6.61. The molecule has 2 aromatic heterocycles. The predicted octanol–water partition coefficient (Wildman–Crippen LogP) is 3.17. The van der Waals surface area contributed by atoms with Crippen molar-refractivity contribution in [1.29, 1.82) is 0 Å². The zero-order valence-corrected chi connectivity index (χ0v) is 14.0. The number of carbonyl (C=O) groups is 1. The van der Waals surface area contributed by atoms with Crippen molar-refractivity contribution in [2.75, 3.05) is 12.4 Å². The topological polar surface area (TPSA) is 72.7 Å². The summed E-state index contributed by atoms with van der Waals surface area (Å²) >= 11 is 1.18. The Hall–Kier alpha value is -3.19. The molecule has 0 radical (unpaired) electrons. The maximum atomic E-state index is 12.5. The van der Waals surface area contributed by atoms with Gasteiger partial charge in [0.25, 0.3) is 11.5 Å². The quantitative estimate of drug-likeness (QED) is 0.615. The smallest absolute Gasteiger partial charge is 0.266 e. The molecule has 1 N–H and O–H groups in total. The van der Waals surface area contributed by atoms with Crippen molar-refractivity contribution in [2.24, 2.45) is 0 Å².